The molecule has 0 aliphatic carbocycles. The average molecular weight is 239 g/mol. The largest absolute Gasteiger partial charge is 0.373 e. The van der Waals surface area contributed by atoms with Crippen LogP contribution < -0.4 is 5.32 Å². The number of ether oxygens (including phenoxy) is 1. The minimum atomic E-state index is -0.0196. The Hall–Kier alpha value is -0.940. The van der Waals surface area contributed by atoms with Gasteiger partial charge in [0.15, 0.2) is 5.82 Å². The molecule has 2 rings (SSSR count). The number of piperidine rings is 1. The lowest BCUT2D eigenvalue weighted by Gasteiger charge is -2.30. The first kappa shape index (κ1) is 12.5. The van der Waals surface area contributed by atoms with Gasteiger partial charge in [0, 0.05) is 13.2 Å². The van der Waals surface area contributed by atoms with Crippen LogP contribution in [0.25, 0.3) is 0 Å². The first-order valence-electron chi connectivity index (χ1n) is 6.36. The van der Waals surface area contributed by atoms with Crippen molar-refractivity contribution in [2.45, 2.75) is 45.1 Å². The summed E-state index contributed by atoms with van der Waals surface area (Å²) in [5, 5.41) is 7.35. The van der Waals surface area contributed by atoms with Crippen LogP contribution in [0, 0.1) is 0 Å². The van der Waals surface area contributed by atoms with Crippen LogP contribution >= 0.6 is 0 Å². The molecule has 0 spiro atoms. The molecule has 1 aromatic heterocycles. The quantitative estimate of drug-likeness (QED) is 0.791. The van der Waals surface area contributed by atoms with E-state index in [0.717, 1.165) is 44.8 Å². The van der Waals surface area contributed by atoms with Crippen molar-refractivity contribution in [1.29, 1.82) is 0 Å². The molecule has 0 radical (unpaired) electrons. The number of rotatable bonds is 5. The summed E-state index contributed by atoms with van der Waals surface area (Å²) in [6.45, 7) is 7.42. The summed E-state index contributed by atoms with van der Waals surface area (Å²) in [4.78, 5) is 4.43. The molecule has 5 nitrogen and oxygen atoms in total. The Morgan fingerprint density at radius 1 is 1.53 bits per heavy atom. The summed E-state index contributed by atoms with van der Waals surface area (Å²) in [5.41, 5.74) is -0.0196. The molecule has 96 valence electrons. The third-order valence-corrected chi connectivity index (χ3v) is 3.16. The molecule has 0 aromatic carbocycles. The van der Waals surface area contributed by atoms with Gasteiger partial charge in [-0.1, -0.05) is 12.1 Å². The van der Waals surface area contributed by atoms with Crippen molar-refractivity contribution in [1.82, 2.24) is 15.5 Å². The SMILES string of the molecule is CCCOCc1noc(C2(C)CCCNC2)n1. The first-order valence-corrected chi connectivity index (χ1v) is 6.36. The predicted octanol–water partition coefficient (Wildman–Crippen LogP) is 1.64. The molecule has 1 saturated heterocycles. The Labute approximate surface area is 102 Å². The van der Waals surface area contributed by atoms with Gasteiger partial charge in [-0.25, -0.2) is 0 Å². The molecular weight excluding hydrogens is 218 g/mol. The highest BCUT2D eigenvalue weighted by molar-refractivity contribution is 5.05. The lowest BCUT2D eigenvalue weighted by atomic mass is 9.83. The van der Waals surface area contributed by atoms with E-state index in [1.165, 1.54) is 0 Å². The average Bonchev–Trinajstić information content (AvgIpc) is 2.80. The Balaban J connectivity index is 1.96. The van der Waals surface area contributed by atoms with Crippen LogP contribution in [0.15, 0.2) is 4.52 Å². The van der Waals surface area contributed by atoms with Gasteiger partial charge in [0.25, 0.3) is 0 Å². The first-order chi connectivity index (χ1) is 8.24. The lowest BCUT2D eigenvalue weighted by molar-refractivity contribution is 0.114. The lowest BCUT2D eigenvalue weighted by Crippen LogP contribution is -2.41. The van der Waals surface area contributed by atoms with Crippen LogP contribution in [-0.4, -0.2) is 29.8 Å². The van der Waals surface area contributed by atoms with Crippen molar-refractivity contribution in [2.75, 3.05) is 19.7 Å². The molecule has 0 amide bonds. The van der Waals surface area contributed by atoms with Gasteiger partial charge in [0.2, 0.25) is 5.89 Å². The molecule has 0 bridgehead atoms. The normalized spacial score (nSPS) is 25.1. The predicted molar refractivity (Wildman–Crippen MR) is 63.7 cm³/mol. The highest BCUT2D eigenvalue weighted by atomic mass is 16.5. The van der Waals surface area contributed by atoms with Gasteiger partial charge >= 0.3 is 0 Å². The van der Waals surface area contributed by atoms with Crippen molar-refractivity contribution in [2.24, 2.45) is 0 Å². The molecule has 1 atom stereocenters. The molecule has 1 fully saturated rings. The molecule has 1 unspecified atom stereocenters. The molecule has 1 aliphatic heterocycles. The third kappa shape index (κ3) is 3.04. The Morgan fingerprint density at radius 2 is 2.41 bits per heavy atom. The van der Waals surface area contributed by atoms with E-state index >= 15 is 0 Å². The van der Waals surface area contributed by atoms with E-state index in [2.05, 4.69) is 29.3 Å². The van der Waals surface area contributed by atoms with Crippen LogP contribution in [0.2, 0.25) is 0 Å². The molecule has 1 N–H and O–H groups in total. The van der Waals surface area contributed by atoms with E-state index < -0.39 is 0 Å². The Morgan fingerprint density at radius 3 is 3.12 bits per heavy atom. The Bertz CT molecular complexity index is 345. The van der Waals surface area contributed by atoms with E-state index in [1.54, 1.807) is 0 Å². The zero-order valence-corrected chi connectivity index (χ0v) is 10.7. The third-order valence-electron chi connectivity index (χ3n) is 3.16. The zero-order valence-electron chi connectivity index (χ0n) is 10.7. The molecule has 5 heteroatoms. The maximum Gasteiger partial charge on any atom is 0.233 e. The summed E-state index contributed by atoms with van der Waals surface area (Å²) in [6, 6.07) is 0. The van der Waals surface area contributed by atoms with Crippen LogP contribution in [0.4, 0.5) is 0 Å². The van der Waals surface area contributed by atoms with E-state index in [0.29, 0.717) is 12.4 Å². The zero-order chi connectivity index (χ0) is 12.1. The van der Waals surface area contributed by atoms with E-state index in [9.17, 15) is 0 Å². The maximum absolute atomic E-state index is 5.40. The van der Waals surface area contributed by atoms with E-state index in [1.807, 2.05) is 0 Å². The molecule has 1 aliphatic rings. The highest BCUT2D eigenvalue weighted by Gasteiger charge is 2.34. The second kappa shape index (κ2) is 5.60. The number of hydrogen-bond acceptors (Lipinski definition) is 5. The fourth-order valence-corrected chi connectivity index (χ4v) is 2.10. The van der Waals surface area contributed by atoms with Crippen LogP contribution in [0.1, 0.15) is 44.8 Å². The molecule has 0 saturated carbocycles. The monoisotopic (exact) mass is 239 g/mol. The van der Waals surface area contributed by atoms with Gasteiger partial charge < -0.3 is 14.6 Å². The molecule has 1 aromatic rings. The van der Waals surface area contributed by atoms with Gasteiger partial charge in [0.05, 0.1) is 5.41 Å². The highest BCUT2D eigenvalue weighted by Crippen LogP contribution is 2.29. The molecule has 17 heavy (non-hydrogen) atoms. The summed E-state index contributed by atoms with van der Waals surface area (Å²) in [6.07, 6.45) is 3.25. The number of nitrogens with one attached hydrogen (secondary N) is 1. The summed E-state index contributed by atoms with van der Waals surface area (Å²) >= 11 is 0. The van der Waals surface area contributed by atoms with Gasteiger partial charge in [-0.2, -0.15) is 4.98 Å². The van der Waals surface area contributed by atoms with Crippen molar-refractivity contribution in [3.8, 4) is 0 Å². The van der Waals surface area contributed by atoms with Crippen molar-refractivity contribution < 1.29 is 9.26 Å². The standard InChI is InChI=1S/C12H21N3O2/c1-3-7-16-8-10-14-11(17-15-10)12(2)5-4-6-13-9-12/h13H,3-9H2,1-2H3. The maximum atomic E-state index is 5.40. The molecule has 2 heterocycles. The minimum Gasteiger partial charge on any atom is -0.373 e. The number of hydrogen-bond donors (Lipinski definition) is 1. The van der Waals surface area contributed by atoms with E-state index in [4.69, 9.17) is 9.26 Å². The van der Waals surface area contributed by atoms with Crippen molar-refractivity contribution >= 4 is 0 Å². The van der Waals surface area contributed by atoms with Gasteiger partial charge in [-0.05, 0) is 32.7 Å². The van der Waals surface area contributed by atoms with Crippen LogP contribution in [0.3, 0.4) is 0 Å². The fourth-order valence-electron chi connectivity index (χ4n) is 2.10. The number of aromatic nitrogens is 2. The fraction of sp³-hybridized carbons (Fsp3) is 0.833. The summed E-state index contributed by atoms with van der Waals surface area (Å²) < 4.78 is 10.8. The van der Waals surface area contributed by atoms with Gasteiger partial charge in [0.1, 0.15) is 6.61 Å². The summed E-state index contributed by atoms with van der Waals surface area (Å²) in [7, 11) is 0. The van der Waals surface area contributed by atoms with Gasteiger partial charge in [-0.15, -0.1) is 0 Å². The number of nitrogens with zero attached hydrogens (tertiary/aromatic N) is 2. The van der Waals surface area contributed by atoms with Crippen molar-refractivity contribution in [3.63, 3.8) is 0 Å². The Kier molecular flexibility index (Phi) is 4.12. The second-order valence-corrected chi connectivity index (χ2v) is 4.91. The summed E-state index contributed by atoms with van der Waals surface area (Å²) in [5.74, 6) is 1.39. The van der Waals surface area contributed by atoms with Crippen LogP contribution in [-0.2, 0) is 16.8 Å². The van der Waals surface area contributed by atoms with E-state index in [-0.39, 0.29) is 5.41 Å². The second-order valence-electron chi connectivity index (χ2n) is 4.91. The topological polar surface area (TPSA) is 60.2 Å². The van der Waals surface area contributed by atoms with Gasteiger partial charge in [-0.3, -0.25) is 0 Å². The minimum absolute atomic E-state index is 0.0196. The molecular formula is C12H21N3O2. The smallest absolute Gasteiger partial charge is 0.233 e. The van der Waals surface area contributed by atoms with Crippen molar-refractivity contribution in [3.05, 3.63) is 11.7 Å². The van der Waals surface area contributed by atoms with Crippen LogP contribution in [0.5, 0.6) is 0 Å².